The van der Waals surface area contributed by atoms with Crippen molar-refractivity contribution in [3.8, 4) is 0 Å². The fraction of sp³-hybridized carbons (Fsp3) is 0.667. The van der Waals surface area contributed by atoms with Crippen LogP contribution < -0.4 is 5.32 Å². The minimum atomic E-state index is 0.294. The van der Waals surface area contributed by atoms with Gasteiger partial charge in [-0.15, -0.1) is 0 Å². The van der Waals surface area contributed by atoms with Crippen LogP contribution in [0.2, 0.25) is 5.02 Å². The van der Waals surface area contributed by atoms with Gasteiger partial charge in [-0.05, 0) is 60.6 Å². The van der Waals surface area contributed by atoms with Crippen LogP contribution in [0.1, 0.15) is 58.6 Å². The Morgan fingerprint density at radius 3 is 2.57 bits per heavy atom. The molecule has 3 rings (SSSR count). The van der Waals surface area contributed by atoms with Gasteiger partial charge in [0.2, 0.25) is 0 Å². The molecule has 4 unspecified atom stereocenters. The molecule has 0 heterocycles. The van der Waals surface area contributed by atoms with Crippen LogP contribution in [0.25, 0.3) is 0 Å². The van der Waals surface area contributed by atoms with Crippen molar-refractivity contribution in [3.63, 3.8) is 0 Å². The monoisotopic (exact) mass is 369 g/mol. The summed E-state index contributed by atoms with van der Waals surface area (Å²) in [5.74, 6) is 0.868. The zero-order valence-corrected chi connectivity index (χ0v) is 15.7. The van der Waals surface area contributed by atoms with Gasteiger partial charge >= 0.3 is 0 Å². The molecule has 0 spiro atoms. The Hall–Kier alpha value is -0.0500. The maximum Gasteiger partial charge on any atom is 0.0464 e. The number of nitrogens with one attached hydrogen (secondary N) is 1. The standard InChI is InChI=1S/C18H25BrClN/c1-11(14-6-5-13(19)10-15(14)20)21-16-9-12-7-8-18(16,4)17(12,2)3/h5-6,10-12,16,21H,7-9H2,1-4H3. The number of hydrogen-bond donors (Lipinski definition) is 1. The Kier molecular flexibility index (Phi) is 3.96. The molecule has 21 heavy (non-hydrogen) atoms. The minimum Gasteiger partial charge on any atom is -0.307 e. The van der Waals surface area contributed by atoms with Gasteiger partial charge in [0.15, 0.2) is 0 Å². The van der Waals surface area contributed by atoms with E-state index in [0.717, 1.165) is 15.4 Å². The lowest BCUT2D eigenvalue weighted by Gasteiger charge is -2.41. The van der Waals surface area contributed by atoms with Gasteiger partial charge in [0.1, 0.15) is 0 Å². The molecule has 2 saturated carbocycles. The molecule has 1 nitrogen and oxygen atoms in total. The topological polar surface area (TPSA) is 12.0 Å². The van der Waals surface area contributed by atoms with Crippen LogP contribution in [0.4, 0.5) is 0 Å². The quantitative estimate of drug-likeness (QED) is 0.691. The molecule has 2 bridgehead atoms. The largest absolute Gasteiger partial charge is 0.307 e. The third-order valence-corrected chi connectivity index (χ3v) is 7.49. The molecule has 0 radical (unpaired) electrons. The zero-order chi connectivity index (χ0) is 15.4. The molecule has 1 aromatic rings. The molecule has 0 amide bonds. The maximum atomic E-state index is 6.41. The van der Waals surface area contributed by atoms with Crippen LogP contribution >= 0.6 is 27.5 Å². The van der Waals surface area contributed by atoms with E-state index in [0.29, 0.717) is 22.9 Å². The Balaban J connectivity index is 1.79. The highest BCUT2D eigenvalue weighted by Crippen LogP contribution is 2.65. The summed E-state index contributed by atoms with van der Waals surface area (Å²) in [6.45, 7) is 9.64. The number of fused-ring (bicyclic) bond motifs is 2. The summed E-state index contributed by atoms with van der Waals surface area (Å²) >= 11 is 9.89. The molecule has 2 fully saturated rings. The maximum absolute atomic E-state index is 6.41. The first-order chi connectivity index (χ1) is 9.75. The van der Waals surface area contributed by atoms with E-state index in [2.05, 4.69) is 61.1 Å². The first-order valence-corrected chi connectivity index (χ1v) is 9.14. The van der Waals surface area contributed by atoms with Crippen LogP contribution in [0.3, 0.4) is 0 Å². The van der Waals surface area contributed by atoms with Gasteiger partial charge in [-0.1, -0.05) is 54.4 Å². The van der Waals surface area contributed by atoms with E-state index in [-0.39, 0.29) is 0 Å². The number of benzene rings is 1. The van der Waals surface area contributed by atoms with Gasteiger partial charge in [0.25, 0.3) is 0 Å². The molecule has 1 N–H and O–H groups in total. The molecular formula is C18H25BrClN. The summed E-state index contributed by atoms with van der Waals surface area (Å²) in [7, 11) is 0. The summed E-state index contributed by atoms with van der Waals surface area (Å²) < 4.78 is 1.04. The third-order valence-electron chi connectivity index (χ3n) is 6.67. The second-order valence-electron chi connectivity index (χ2n) is 7.72. The van der Waals surface area contributed by atoms with Crippen molar-refractivity contribution in [1.29, 1.82) is 0 Å². The Labute approximate surface area is 142 Å². The summed E-state index contributed by atoms with van der Waals surface area (Å²) in [6.07, 6.45) is 4.06. The first kappa shape index (κ1) is 15.8. The predicted molar refractivity (Wildman–Crippen MR) is 93.7 cm³/mol. The summed E-state index contributed by atoms with van der Waals surface area (Å²) in [5.41, 5.74) is 2.06. The van der Waals surface area contributed by atoms with Gasteiger partial charge in [-0.25, -0.2) is 0 Å². The van der Waals surface area contributed by atoms with Crippen LogP contribution in [0, 0.1) is 16.7 Å². The highest BCUT2D eigenvalue weighted by molar-refractivity contribution is 9.10. The highest BCUT2D eigenvalue weighted by Gasteiger charge is 2.61. The van der Waals surface area contributed by atoms with E-state index in [1.54, 1.807) is 0 Å². The van der Waals surface area contributed by atoms with Gasteiger partial charge in [0.05, 0.1) is 0 Å². The highest BCUT2D eigenvalue weighted by atomic mass is 79.9. The lowest BCUT2D eigenvalue weighted by molar-refractivity contribution is 0.116. The van der Waals surface area contributed by atoms with E-state index in [9.17, 15) is 0 Å². The van der Waals surface area contributed by atoms with Crippen LogP contribution in [0.5, 0.6) is 0 Å². The predicted octanol–water partition coefficient (Wildman–Crippen LogP) is 5.97. The molecule has 2 aliphatic rings. The van der Waals surface area contributed by atoms with E-state index in [1.807, 2.05) is 6.07 Å². The van der Waals surface area contributed by atoms with Crippen LogP contribution in [0.15, 0.2) is 22.7 Å². The molecule has 0 saturated heterocycles. The number of halogens is 2. The molecule has 1 aromatic carbocycles. The van der Waals surface area contributed by atoms with Crippen molar-refractivity contribution in [3.05, 3.63) is 33.3 Å². The zero-order valence-electron chi connectivity index (χ0n) is 13.3. The van der Waals surface area contributed by atoms with Gasteiger partial charge in [-0.3, -0.25) is 0 Å². The molecule has 0 aliphatic heterocycles. The normalized spacial score (nSPS) is 35.1. The van der Waals surface area contributed by atoms with E-state index in [4.69, 9.17) is 11.6 Å². The summed E-state index contributed by atoms with van der Waals surface area (Å²) in [4.78, 5) is 0. The molecule has 2 aliphatic carbocycles. The summed E-state index contributed by atoms with van der Waals surface area (Å²) in [6, 6.07) is 7.08. The van der Waals surface area contributed by atoms with E-state index >= 15 is 0 Å². The van der Waals surface area contributed by atoms with Crippen molar-refractivity contribution in [2.24, 2.45) is 16.7 Å². The third kappa shape index (κ3) is 2.38. The van der Waals surface area contributed by atoms with Crippen molar-refractivity contribution in [2.45, 2.75) is 59.0 Å². The smallest absolute Gasteiger partial charge is 0.0464 e. The SMILES string of the molecule is CC(NC1CC2CCC1(C)C2(C)C)c1ccc(Br)cc1Cl. The van der Waals surface area contributed by atoms with Crippen molar-refractivity contribution in [2.75, 3.05) is 0 Å². The van der Waals surface area contributed by atoms with E-state index < -0.39 is 0 Å². The molecular weight excluding hydrogens is 346 g/mol. The number of hydrogen-bond acceptors (Lipinski definition) is 1. The fourth-order valence-electron chi connectivity index (χ4n) is 4.70. The second-order valence-corrected chi connectivity index (χ2v) is 9.04. The van der Waals surface area contributed by atoms with Gasteiger partial charge < -0.3 is 5.32 Å². The summed E-state index contributed by atoms with van der Waals surface area (Å²) in [5, 5.41) is 4.73. The average molecular weight is 371 g/mol. The Morgan fingerprint density at radius 2 is 2.05 bits per heavy atom. The molecule has 116 valence electrons. The number of rotatable bonds is 3. The Bertz CT molecular complexity index is 556. The first-order valence-electron chi connectivity index (χ1n) is 7.97. The van der Waals surface area contributed by atoms with E-state index in [1.165, 1.54) is 24.8 Å². The fourth-order valence-corrected chi connectivity index (χ4v) is 5.54. The Morgan fingerprint density at radius 1 is 1.33 bits per heavy atom. The van der Waals surface area contributed by atoms with Gasteiger partial charge in [-0.2, -0.15) is 0 Å². The molecule has 0 aromatic heterocycles. The average Bonchev–Trinajstić information content (AvgIpc) is 2.71. The van der Waals surface area contributed by atoms with Crippen LogP contribution in [-0.4, -0.2) is 6.04 Å². The lowest BCUT2D eigenvalue weighted by Crippen LogP contribution is -2.45. The van der Waals surface area contributed by atoms with Crippen molar-refractivity contribution < 1.29 is 0 Å². The molecule has 3 heteroatoms. The minimum absolute atomic E-state index is 0.294. The molecule has 4 atom stereocenters. The lowest BCUT2D eigenvalue weighted by atomic mass is 9.69. The van der Waals surface area contributed by atoms with Crippen molar-refractivity contribution in [1.82, 2.24) is 5.32 Å². The van der Waals surface area contributed by atoms with Crippen molar-refractivity contribution >= 4 is 27.5 Å². The van der Waals surface area contributed by atoms with Crippen LogP contribution in [-0.2, 0) is 0 Å². The van der Waals surface area contributed by atoms with Gasteiger partial charge in [0, 0.05) is 21.6 Å². The second kappa shape index (κ2) is 5.25.